The van der Waals surface area contributed by atoms with E-state index in [1.807, 2.05) is 30.0 Å². The minimum absolute atomic E-state index is 0.0228. The van der Waals surface area contributed by atoms with E-state index in [9.17, 15) is 4.79 Å². The zero-order valence-corrected chi connectivity index (χ0v) is 25.0. The largest absolute Gasteiger partial charge is 0.487 e. The number of fused-ring (bicyclic) bond motifs is 2. The van der Waals surface area contributed by atoms with E-state index in [1.54, 1.807) is 25.1 Å². The van der Waals surface area contributed by atoms with Crippen LogP contribution < -0.4 is 4.74 Å². The Kier molecular flexibility index (Phi) is 9.22. The maximum absolute atomic E-state index is 15.9. The number of rotatable bonds is 11. The van der Waals surface area contributed by atoms with E-state index < -0.39 is 29.3 Å². The number of carbonyl (C=O) groups excluding carboxylic acids is 1. The van der Waals surface area contributed by atoms with Crippen LogP contribution in [-0.4, -0.2) is 47.3 Å². The zero-order valence-electron chi connectivity index (χ0n) is 25.0. The van der Waals surface area contributed by atoms with Gasteiger partial charge in [0.1, 0.15) is 36.3 Å². The Balaban J connectivity index is 1.37. The number of nitrogens with zero attached hydrogens (tertiary/aromatic N) is 2. The second-order valence-corrected chi connectivity index (χ2v) is 11.7. The molecule has 0 fully saturated rings. The van der Waals surface area contributed by atoms with Crippen LogP contribution in [0.15, 0.2) is 60.2 Å². The summed E-state index contributed by atoms with van der Waals surface area (Å²) < 4.78 is 62.8. The molecule has 5 rings (SSSR count). The van der Waals surface area contributed by atoms with Gasteiger partial charge in [0.25, 0.3) is 0 Å². The van der Waals surface area contributed by atoms with Gasteiger partial charge < -0.3 is 14.2 Å². The lowest BCUT2D eigenvalue weighted by Gasteiger charge is -2.44. The first-order valence-electron chi connectivity index (χ1n) is 14.6. The van der Waals surface area contributed by atoms with Gasteiger partial charge in [-0.05, 0) is 74.9 Å². The van der Waals surface area contributed by atoms with Crippen molar-refractivity contribution in [1.82, 2.24) is 9.88 Å². The highest BCUT2D eigenvalue weighted by Crippen LogP contribution is 2.50. The minimum atomic E-state index is -1.56. The fourth-order valence-corrected chi connectivity index (χ4v) is 6.04. The van der Waals surface area contributed by atoms with Crippen LogP contribution in [0.5, 0.6) is 5.75 Å². The molecule has 0 spiro atoms. The van der Waals surface area contributed by atoms with E-state index in [0.29, 0.717) is 24.2 Å². The molecule has 0 saturated carbocycles. The lowest BCUT2D eigenvalue weighted by molar-refractivity contribution is -0.148. The number of carbonyl (C=O) groups is 1. The van der Waals surface area contributed by atoms with Crippen molar-refractivity contribution in [2.24, 2.45) is 0 Å². The molecule has 0 N–H and O–H groups in total. The van der Waals surface area contributed by atoms with Gasteiger partial charge >= 0.3 is 5.97 Å². The van der Waals surface area contributed by atoms with E-state index in [2.05, 4.69) is 11.1 Å². The van der Waals surface area contributed by atoms with E-state index in [0.717, 1.165) is 22.3 Å². The molecule has 2 atom stereocenters. The summed E-state index contributed by atoms with van der Waals surface area (Å²) in [5, 5.41) is 0. The van der Waals surface area contributed by atoms with Crippen LogP contribution in [0.1, 0.15) is 68.2 Å². The molecule has 6 nitrogen and oxygen atoms in total. The van der Waals surface area contributed by atoms with Gasteiger partial charge in [0.2, 0.25) is 0 Å². The van der Waals surface area contributed by atoms with Crippen molar-refractivity contribution in [1.29, 1.82) is 0 Å². The highest BCUT2D eigenvalue weighted by molar-refractivity contribution is 5.79. The molecule has 1 aliphatic heterocycles. The van der Waals surface area contributed by atoms with Gasteiger partial charge in [0.15, 0.2) is 0 Å². The lowest BCUT2D eigenvalue weighted by Crippen LogP contribution is -2.47. The third kappa shape index (κ3) is 7.11. The van der Waals surface area contributed by atoms with Crippen molar-refractivity contribution >= 4 is 11.5 Å². The number of hydrogen-bond donors (Lipinski definition) is 0. The van der Waals surface area contributed by atoms with E-state index in [4.69, 9.17) is 14.2 Å². The Morgan fingerprint density at radius 2 is 1.74 bits per heavy atom. The van der Waals surface area contributed by atoms with Crippen LogP contribution in [0.3, 0.4) is 0 Å². The van der Waals surface area contributed by atoms with Crippen LogP contribution >= 0.6 is 0 Å². The number of pyridine rings is 1. The van der Waals surface area contributed by atoms with Gasteiger partial charge in [0, 0.05) is 30.3 Å². The monoisotopic (exact) mass is 594 g/mol. The third-order valence-corrected chi connectivity index (χ3v) is 7.75. The van der Waals surface area contributed by atoms with Crippen molar-refractivity contribution < 1.29 is 32.2 Å². The van der Waals surface area contributed by atoms with E-state index >= 15 is 13.2 Å². The number of benzene rings is 2. The Labute approximate surface area is 250 Å². The van der Waals surface area contributed by atoms with Crippen molar-refractivity contribution in [2.45, 2.75) is 71.5 Å². The summed E-state index contributed by atoms with van der Waals surface area (Å²) in [6.07, 6.45) is 1.25. The third-order valence-electron chi connectivity index (χ3n) is 7.75. The Morgan fingerprint density at radius 3 is 2.44 bits per heavy atom. The van der Waals surface area contributed by atoms with Crippen LogP contribution in [0.25, 0.3) is 5.57 Å². The fraction of sp³-hybridized carbons (Fsp3) is 0.412. The summed E-state index contributed by atoms with van der Waals surface area (Å²) in [4.78, 5) is 17.8. The number of alkyl halides is 1. The predicted octanol–water partition coefficient (Wildman–Crippen LogP) is 6.91. The van der Waals surface area contributed by atoms with Crippen molar-refractivity contribution in [2.75, 3.05) is 19.8 Å². The van der Waals surface area contributed by atoms with Crippen LogP contribution in [0, 0.1) is 11.6 Å². The normalized spacial score (nSPS) is 18.4. The first kappa shape index (κ1) is 30.8. The summed E-state index contributed by atoms with van der Waals surface area (Å²) in [7, 11) is 0. The first-order chi connectivity index (χ1) is 20.5. The Bertz CT molecular complexity index is 1490. The topological polar surface area (TPSA) is 60.9 Å². The molecule has 0 amide bonds. The predicted molar refractivity (Wildman–Crippen MR) is 157 cm³/mol. The Hall–Kier alpha value is -3.69. The van der Waals surface area contributed by atoms with Crippen molar-refractivity contribution in [3.8, 4) is 5.75 Å². The first-order valence-corrected chi connectivity index (χ1v) is 14.6. The number of hydrogen-bond acceptors (Lipinski definition) is 6. The smallest absolute Gasteiger partial charge is 0.332 e. The molecular formula is C34H37F3N2O4. The Morgan fingerprint density at radius 1 is 1.05 bits per heavy atom. The molecular weight excluding hydrogens is 557 g/mol. The van der Waals surface area contributed by atoms with Crippen LogP contribution in [0.4, 0.5) is 13.2 Å². The second-order valence-electron chi connectivity index (χ2n) is 11.7. The molecule has 0 saturated heterocycles. The average molecular weight is 595 g/mol. The summed E-state index contributed by atoms with van der Waals surface area (Å²) in [6.45, 7) is 6.87. The molecule has 2 heterocycles. The number of ether oxygens (including phenoxy) is 3. The molecule has 0 bridgehead atoms. The van der Waals surface area contributed by atoms with Gasteiger partial charge in [-0.15, -0.1) is 0 Å². The van der Waals surface area contributed by atoms with E-state index in [-0.39, 0.29) is 50.3 Å². The summed E-state index contributed by atoms with van der Waals surface area (Å²) >= 11 is 0. The zero-order chi connectivity index (χ0) is 30.7. The fourth-order valence-electron chi connectivity index (χ4n) is 6.04. The van der Waals surface area contributed by atoms with Crippen molar-refractivity contribution in [3.63, 3.8) is 0 Å². The van der Waals surface area contributed by atoms with Crippen LogP contribution in [0.2, 0.25) is 0 Å². The molecule has 228 valence electrons. The summed E-state index contributed by atoms with van der Waals surface area (Å²) in [6, 6.07) is 14.7. The minimum Gasteiger partial charge on any atom is -0.487 e. The molecule has 2 aromatic carbocycles. The molecule has 0 radical (unpaired) electrons. The van der Waals surface area contributed by atoms with Crippen molar-refractivity contribution in [3.05, 3.63) is 99.9 Å². The second kappa shape index (κ2) is 12.9. The van der Waals surface area contributed by atoms with Gasteiger partial charge in [-0.3, -0.25) is 9.88 Å². The summed E-state index contributed by atoms with van der Waals surface area (Å²) in [5.74, 6) is -1.92. The van der Waals surface area contributed by atoms with E-state index in [1.165, 1.54) is 26.0 Å². The number of esters is 1. The molecule has 1 aromatic heterocycles. The average Bonchev–Trinajstić information content (AvgIpc) is 3.31. The lowest BCUT2D eigenvalue weighted by atomic mass is 9.84. The molecule has 9 heteroatoms. The quantitative estimate of drug-likeness (QED) is 0.225. The summed E-state index contributed by atoms with van der Waals surface area (Å²) in [5.41, 5.74) is 3.68. The van der Waals surface area contributed by atoms with Gasteiger partial charge in [0.05, 0.1) is 30.6 Å². The maximum atomic E-state index is 15.9. The van der Waals surface area contributed by atoms with Gasteiger partial charge in [-0.1, -0.05) is 30.3 Å². The SMILES string of the molecule is CCOC(=O)COCc1cccc(COc2cc(F)c([C@@H]3C4=C(C[C@@H](C)N3CC(C)(C)F)c3ccccc3C4)c(F)c2)n1. The maximum Gasteiger partial charge on any atom is 0.332 e. The molecule has 3 aromatic rings. The molecule has 1 aliphatic carbocycles. The van der Waals surface area contributed by atoms with Gasteiger partial charge in [-0.25, -0.2) is 18.0 Å². The highest BCUT2D eigenvalue weighted by Gasteiger charge is 2.43. The standard InChI is InChI=1S/C34H37F3N2O4/c1-5-42-31(40)19-41-17-23-10-8-11-24(38-23)18-43-25-15-29(35)32(30(36)16-25)33-28-14-22-9-6-7-12-26(22)27(28)13-21(2)39(33)20-34(3,4)37/h6-12,15-16,21,33H,5,13-14,17-20H2,1-4H3/t21-,33+/m1/s1. The van der Waals surface area contributed by atoms with Crippen LogP contribution in [-0.2, 0) is 33.9 Å². The highest BCUT2D eigenvalue weighted by atomic mass is 19.1. The van der Waals surface area contributed by atoms with Gasteiger partial charge in [-0.2, -0.15) is 0 Å². The molecule has 0 unspecified atom stereocenters. The number of halogens is 3. The number of aromatic nitrogens is 1. The molecule has 2 aliphatic rings. The molecule has 43 heavy (non-hydrogen) atoms.